The van der Waals surface area contributed by atoms with Gasteiger partial charge in [0.15, 0.2) is 0 Å². The third-order valence-corrected chi connectivity index (χ3v) is 4.10. The van der Waals surface area contributed by atoms with Crippen LogP contribution in [0.2, 0.25) is 0 Å². The third kappa shape index (κ3) is 2.41. The van der Waals surface area contributed by atoms with Gasteiger partial charge in [-0.1, -0.05) is 0 Å². The Morgan fingerprint density at radius 2 is 2.40 bits per heavy atom. The normalized spacial score (nSPS) is 19.4. The molecule has 20 heavy (non-hydrogen) atoms. The van der Waals surface area contributed by atoms with Gasteiger partial charge in [-0.25, -0.2) is 4.98 Å². The smallest absolute Gasteiger partial charge is 0.227 e. The largest absolute Gasteiger partial charge is 0.346 e. The van der Waals surface area contributed by atoms with E-state index in [9.17, 15) is 4.79 Å². The zero-order valence-corrected chi connectivity index (χ0v) is 11.5. The number of likely N-dealkylation sites (tertiary alicyclic amines) is 1. The number of piperidine rings is 1. The fraction of sp³-hybridized carbons (Fsp3) is 0.467. The lowest BCUT2D eigenvalue weighted by atomic mass is 10.0. The van der Waals surface area contributed by atoms with E-state index >= 15 is 0 Å². The number of fused-ring (bicyclic) bond motifs is 1. The number of hydrogen-bond donors (Lipinski definition) is 2. The Kier molecular flexibility index (Phi) is 3.69. The average molecular weight is 272 g/mol. The molecule has 1 unspecified atom stereocenters. The second-order valence-electron chi connectivity index (χ2n) is 5.36. The summed E-state index contributed by atoms with van der Waals surface area (Å²) in [4.78, 5) is 21.8. The van der Waals surface area contributed by atoms with E-state index < -0.39 is 0 Å². The molecule has 3 heterocycles. The Balaban J connectivity index is 1.78. The molecule has 3 N–H and O–H groups in total. The molecule has 2 aromatic rings. The maximum absolute atomic E-state index is 12.5. The highest BCUT2D eigenvalue weighted by atomic mass is 16.2. The lowest BCUT2D eigenvalue weighted by Gasteiger charge is -2.35. The van der Waals surface area contributed by atoms with Gasteiger partial charge in [0.05, 0.1) is 6.42 Å². The first-order chi connectivity index (χ1) is 9.79. The number of pyridine rings is 1. The van der Waals surface area contributed by atoms with Gasteiger partial charge in [0.25, 0.3) is 0 Å². The molecule has 0 bridgehead atoms. The predicted molar refractivity (Wildman–Crippen MR) is 78.2 cm³/mol. The molecule has 0 aromatic carbocycles. The number of aromatic nitrogens is 2. The fourth-order valence-electron chi connectivity index (χ4n) is 3.00. The van der Waals surface area contributed by atoms with Gasteiger partial charge in [-0.3, -0.25) is 4.79 Å². The molecule has 1 fully saturated rings. The Bertz CT molecular complexity index is 607. The van der Waals surface area contributed by atoms with Crippen LogP contribution in [-0.2, 0) is 11.2 Å². The van der Waals surface area contributed by atoms with Crippen molar-refractivity contribution in [2.45, 2.75) is 31.7 Å². The van der Waals surface area contributed by atoms with Crippen molar-refractivity contribution in [3.05, 3.63) is 30.1 Å². The summed E-state index contributed by atoms with van der Waals surface area (Å²) >= 11 is 0. The number of carbonyl (C=O) groups excluding carboxylic acids is 1. The van der Waals surface area contributed by atoms with Crippen LogP contribution < -0.4 is 5.73 Å². The summed E-state index contributed by atoms with van der Waals surface area (Å²) in [6.45, 7) is 1.39. The average Bonchev–Trinajstić information content (AvgIpc) is 2.90. The van der Waals surface area contributed by atoms with Crippen molar-refractivity contribution < 1.29 is 4.79 Å². The van der Waals surface area contributed by atoms with Crippen LogP contribution in [0.3, 0.4) is 0 Å². The summed E-state index contributed by atoms with van der Waals surface area (Å²) in [7, 11) is 0. The van der Waals surface area contributed by atoms with Crippen molar-refractivity contribution >= 4 is 16.9 Å². The first-order valence-corrected chi connectivity index (χ1v) is 7.20. The van der Waals surface area contributed by atoms with Crippen LogP contribution in [0.1, 0.15) is 24.8 Å². The molecular weight excluding hydrogens is 252 g/mol. The van der Waals surface area contributed by atoms with E-state index in [0.29, 0.717) is 13.0 Å². The number of H-pyrrole nitrogens is 1. The molecule has 3 rings (SSSR count). The molecule has 1 amide bonds. The third-order valence-electron chi connectivity index (χ3n) is 4.10. The molecule has 5 heteroatoms. The van der Waals surface area contributed by atoms with Gasteiger partial charge < -0.3 is 15.6 Å². The summed E-state index contributed by atoms with van der Waals surface area (Å²) < 4.78 is 0. The zero-order valence-electron chi connectivity index (χ0n) is 11.5. The SMILES string of the molecule is NCC1CCCCN1C(=O)Cc1c[nH]c2ncccc12. The molecule has 2 aromatic heterocycles. The molecule has 0 aliphatic carbocycles. The van der Waals surface area contributed by atoms with Crippen molar-refractivity contribution in [3.8, 4) is 0 Å². The van der Waals surface area contributed by atoms with Crippen LogP contribution in [0.4, 0.5) is 0 Å². The monoisotopic (exact) mass is 272 g/mol. The minimum absolute atomic E-state index is 0.171. The molecule has 0 radical (unpaired) electrons. The molecule has 106 valence electrons. The molecule has 0 spiro atoms. The van der Waals surface area contributed by atoms with E-state index in [2.05, 4.69) is 9.97 Å². The van der Waals surface area contributed by atoms with E-state index in [4.69, 9.17) is 5.73 Å². The number of rotatable bonds is 3. The van der Waals surface area contributed by atoms with Gasteiger partial charge in [0, 0.05) is 36.9 Å². The molecule has 5 nitrogen and oxygen atoms in total. The Morgan fingerprint density at radius 1 is 1.50 bits per heavy atom. The first kappa shape index (κ1) is 13.1. The second kappa shape index (κ2) is 5.63. The van der Waals surface area contributed by atoms with Crippen LogP contribution in [0.25, 0.3) is 11.0 Å². The number of nitrogens with zero attached hydrogens (tertiary/aromatic N) is 2. The molecule has 1 saturated heterocycles. The van der Waals surface area contributed by atoms with Crippen molar-refractivity contribution in [3.63, 3.8) is 0 Å². The number of nitrogens with two attached hydrogens (primary N) is 1. The van der Waals surface area contributed by atoms with Crippen LogP contribution in [0.5, 0.6) is 0 Å². The van der Waals surface area contributed by atoms with Gasteiger partial charge in [0.2, 0.25) is 5.91 Å². The van der Waals surface area contributed by atoms with Gasteiger partial charge in [-0.2, -0.15) is 0 Å². The van der Waals surface area contributed by atoms with Crippen molar-refractivity contribution in [1.29, 1.82) is 0 Å². The maximum Gasteiger partial charge on any atom is 0.227 e. The summed E-state index contributed by atoms with van der Waals surface area (Å²) in [6.07, 6.45) is 7.33. The van der Waals surface area contributed by atoms with E-state index in [-0.39, 0.29) is 11.9 Å². The second-order valence-corrected chi connectivity index (χ2v) is 5.36. The molecule has 1 atom stereocenters. The van der Waals surface area contributed by atoms with E-state index in [1.54, 1.807) is 6.20 Å². The van der Waals surface area contributed by atoms with Crippen molar-refractivity contribution in [2.75, 3.05) is 13.1 Å². The topological polar surface area (TPSA) is 75.0 Å². The number of amides is 1. The minimum Gasteiger partial charge on any atom is -0.346 e. The Morgan fingerprint density at radius 3 is 3.25 bits per heavy atom. The highest BCUT2D eigenvalue weighted by molar-refractivity contribution is 5.87. The van der Waals surface area contributed by atoms with Crippen molar-refractivity contribution in [2.24, 2.45) is 5.73 Å². The number of carbonyl (C=O) groups is 1. The number of nitrogens with one attached hydrogen (secondary N) is 1. The van der Waals surface area contributed by atoms with E-state index in [0.717, 1.165) is 36.0 Å². The summed E-state index contributed by atoms with van der Waals surface area (Å²) in [6, 6.07) is 4.10. The van der Waals surface area contributed by atoms with Gasteiger partial charge in [0.1, 0.15) is 5.65 Å². The Labute approximate surface area is 118 Å². The molecule has 0 saturated carbocycles. The van der Waals surface area contributed by atoms with Crippen molar-refractivity contribution in [1.82, 2.24) is 14.9 Å². The van der Waals surface area contributed by atoms with E-state index in [1.807, 2.05) is 23.2 Å². The lowest BCUT2D eigenvalue weighted by molar-refractivity contribution is -0.133. The number of hydrogen-bond acceptors (Lipinski definition) is 3. The summed E-state index contributed by atoms with van der Waals surface area (Å²) in [5.74, 6) is 0.171. The van der Waals surface area contributed by atoms with Gasteiger partial charge in [-0.05, 0) is 37.0 Å². The zero-order chi connectivity index (χ0) is 13.9. The molecule has 1 aliphatic rings. The standard InChI is InChI=1S/C15H20N4O/c16-9-12-4-1-2-7-19(12)14(20)8-11-10-18-15-13(11)5-3-6-17-15/h3,5-6,10,12H,1-2,4,7-9,16H2,(H,17,18). The highest BCUT2D eigenvalue weighted by Gasteiger charge is 2.25. The maximum atomic E-state index is 12.5. The van der Waals surface area contributed by atoms with Crippen LogP contribution in [0.15, 0.2) is 24.5 Å². The quantitative estimate of drug-likeness (QED) is 0.888. The molecular formula is C15H20N4O. The Hall–Kier alpha value is -1.88. The summed E-state index contributed by atoms with van der Waals surface area (Å²) in [5.41, 5.74) is 7.64. The highest BCUT2D eigenvalue weighted by Crippen LogP contribution is 2.20. The van der Waals surface area contributed by atoms with E-state index in [1.165, 1.54) is 6.42 Å². The molecule has 1 aliphatic heterocycles. The van der Waals surface area contributed by atoms with Crippen LogP contribution in [-0.4, -0.2) is 39.9 Å². The predicted octanol–water partition coefficient (Wildman–Crippen LogP) is 1.45. The van der Waals surface area contributed by atoms with Crippen LogP contribution in [0, 0.1) is 0 Å². The summed E-state index contributed by atoms with van der Waals surface area (Å²) in [5, 5.41) is 1.03. The minimum atomic E-state index is 0.171. The lowest BCUT2D eigenvalue weighted by Crippen LogP contribution is -2.48. The fourth-order valence-corrected chi connectivity index (χ4v) is 3.00. The first-order valence-electron chi connectivity index (χ1n) is 7.20. The van der Waals surface area contributed by atoms with Crippen LogP contribution >= 0.6 is 0 Å². The van der Waals surface area contributed by atoms with Gasteiger partial charge in [-0.15, -0.1) is 0 Å². The van der Waals surface area contributed by atoms with Gasteiger partial charge >= 0.3 is 0 Å². The number of aromatic amines is 1.